The number of aromatic nitrogens is 3. The topological polar surface area (TPSA) is 59.8 Å². The van der Waals surface area contributed by atoms with Crippen molar-refractivity contribution in [2.75, 3.05) is 5.75 Å². The highest BCUT2D eigenvalue weighted by Gasteiger charge is 2.21. The summed E-state index contributed by atoms with van der Waals surface area (Å²) < 4.78 is 16.3. The molecule has 1 aromatic heterocycles. The fourth-order valence-electron chi connectivity index (χ4n) is 3.95. The molecule has 7 heteroatoms. The number of hydrogen-bond acceptors (Lipinski definition) is 4. The van der Waals surface area contributed by atoms with Gasteiger partial charge in [-0.05, 0) is 49.3 Å². The Labute approximate surface area is 186 Å². The van der Waals surface area contributed by atoms with Gasteiger partial charge in [-0.25, -0.2) is 4.39 Å². The molecule has 1 amide bonds. The number of hydrogen-bond donors (Lipinski definition) is 1. The lowest BCUT2D eigenvalue weighted by Crippen LogP contribution is -2.38. The molecule has 0 unspecified atom stereocenters. The molecule has 1 aliphatic carbocycles. The molecule has 0 bridgehead atoms. The summed E-state index contributed by atoms with van der Waals surface area (Å²) in [6.07, 6.45) is 4.41. The van der Waals surface area contributed by atoms with Gasteiger partial charge < -0.3 is 5.32 Å². The maximum Gasteiger partial charge on any atom is 0.230 e. The van der Waals surface area contributed by atoms with Gasteiger partial charge in [-0.3, -0.25) is 9.36 Å². The number of amides is 1. The molecule has 31 heavy (non-hydrogen) atoms. The number of halogens is 1. The molecule has 3 aromatic rings. The molecule has 1 N–H and O–H groups in total. The number of benzene rings is 2. The Morgan fingerprint density at radius 2 is 1.77 bits per heavy atom. The Morgan fingerprint density at radius 1 is 1.06 bits per heavy atom. The fraction of sp³-hybridized carbons (Fsp3) is 0.375. The van der Waals surface area contributed by atoms with Crippen molar-refractivity contribution < 1.29 is 9.18 Å². The molecule has 0 atom stereocenters. The molecule has 2 aromatic carbocycles. The van der Waals surface area contributed by atoms with Crippen LogP contribution in [0, 0.1) is 11.7 Å². The van der Waals surface area contributed by atoms with Crippen molar-refractivity contribution in [3.63, 3.8) is 0 Å². The van der Waals surface area contributed by atoms with Crippen LogP contribution >= 0.6 is 11.8 Å². The van der Waals surface area contributed by atoms with Crippen LogP contribution in [0.1, 0.15) is 38.2 Å². The smallest absolute Gasteiger partial charge is 0.230 e. The number of carbonyl (C=O) groups excluding carboxylic acids is 1. The minimum absolute atomic E-state index is 0.00579. The van der Waals surface area contributed by atoms with Gasteiger partial charge in [0.25, 0.3) is 0 Å². The number of thioether (sulfide) groups is 1. The molecular formula is C24H27FN4OS. The van der Waals surface area contributed by atoms with E-state index in [1.165, 1.54) is 17.8 Å². The average Bonchev–Trinajstić information content (AvgIpc) is 3.17. The molecule has 0 radical (unpaired) electrons. The zero-order valence-corrected chi connectivity index (χ0v) is 18.4. The molecule has 1 saturated carbocycles. The summed E-state index contributed by atoms with van der Waals surface area (Å²) in [5.74, 6) is 1.13. The van der Waals surface area contributed by atoms with Crippen molar-refractivity contribution in [1.82, 2.24) is 20.1 Å². The average molecular weight is 439 g/mol. The van der Waals surface area contributed by atoms with E-state index in [0.717, 1.165) is 37.2 Å². The van der Waals surface area contributed by atoms with Crippen molar-refractivity contribution in [2.24, 2.45) is 5.92 Å². The molecule has 1 aliphatic rings. The third-order valence-electron chi connectivity index (χ3n) is 5.73. The quantitative estimate of drug-likeness (QED) is 0.532. The summed E-state index contributed by atoms with van der Waals surface area (Å²) in [5.41, 5.74) is 1.46. The lowest BCUT2D eigenvalue weighted by molar-refractivity contribution is -0.119. The first kappa shape index (κ1) is 21.6. The van der Waals surface area contributed by atoms with Crippen molar-refractivity contribution in [1.29, 1.82) is 0 Å². The van der Waals surface area contributed by atoms with Crippen LogP contribution in [0.15, 0.2) is 59.8 Å². The number of nitrogens with zero attached hydrogens (tertiary/aromatic N) is 3. The Morgan fingerprint density at radius 3 is 2.52 bits per heavy atom. The highest BCUT2D eigenvalue weighted by molar-refractivity contribution is 7.99. The van der Waals surface area contributed by atoms with Crippen LogP contribution < -0.4 is 5.32 Å². The Balaban J connectivity index is 1.50. The molecular weight excluding hydrogens is 411 g/mol. The zero-order valence-electron chi connectivity index (χ0n) is 17.6. The summed E-state index contributed by atoms with van der Waals surface area (Å²) in [6, 6.07) is 16.7. The second-order valence-corrected chi connectivity index (χ2v) is 9.11. The van der Waals surface area contributed by atoms with Gasteiger partial charge in [0, 0.05) is 6.04 Å². The van der Waals surface area contributed by atoms with E-state index in [9.17, 15) is 9.18 Å². The second kappa shape index (κ2) is 10.1. The van der Waals surface area contributed by atoms with Gasteiger partial charge >= 0.3 is 0 Å². The second-order valence-electron chi connectivity index (χ2n) is 8.17. The highest BCUT2D eigenvalue weighted by Crippen LogP contribution is 2.27. The van der Waals surface area contributed by atoms with Gasteiger partial charge in [-0.15, -0.1) is 10.2 Å². The summed E-state index contributed by atoms with van der Waals surface area (Å²) in [7, 11) is 0. The molecule has 5 nitrogen and oxygen atoms in total. The third-order valence-corrected chi connectivity index (χ3v) is 6.70. The normalized spacial score (nSPS) is 18.6. The van der Waals surface area contributed by atoms with E-state index < -0.39 is 0 Å². The largest absolute Gasteiger partial charge is 0.353 e. The standard InChI is InChI=1S/C24H27FN4OS/c1-17-11-13-19(14-12-17)26-22(30)16-31-24-28-27-23(20-9-5-6-10-21(20)25)29(24)15-18-7-3-2-4-8-18/h2-10,17,19H,11-16H2,1H3,(H,26,30). The Hall–Kier alpha value is -2.67. The fourth-order valence-corrected chi connectivity index (χ4v) is 4.70. The third kappa shape index (κ3) is 5.53. The predicted octanol–water partition coefficient (Wildman–Crippen LogP) is 4.92. The van der Waals surface area contributed by atoms with Gasteiger partial charge in [0.05, 0.1) is 17.9 Å². The van der Waals surface area contributed by atoms with Gasteiger partial charge in [-0.1, -0.05) is 61.2 Å². The first-order valence-corrected chi connectivity index (χ1v) is 11.7. The van der Waals surface area contributed by atoms with E-state index >= 15 is 0 Å². The monoisotopic (exact) mass is 438 g/mol. The van der Waals surface area contributed by atoms with Crippen LogP contribution in [0.3, 0.4) is 0 Å². The van der Waals surface area contributed by atoms with Gasteiger partial charge in [0.15, 0.2) is 11.0 Å². The van der Waals surface area contributed by atoms with E-state index in [4.69, 9.17) is 0 Å². The first-order valence-electron chi connectivity index (χ1n) is 10.7. The van der Waals surface area contributed by atoms with Gasteiger partial charge in [-0.2, -0.15) is 0 Å². The van der Waals surface area contributed by atoms with E-state index in [2.05, 4.69) is 22.4 Å². The predicted molar refractivity (Wildman–Crippen MR) is 121 cm³/mol. The first-order chi connectivity index (χ1) is 15.1. The summed E-state index contributed by atoms with van der Waals surface area (Å²) in [6.45, 7) is 2.77. The Kier molecular flexibility index (Phi) is 7.02. The molecule has 4 rings (SSSR count). The molecule has 0 saturated heterocycles. The van der Waals surface area contributed by atoms with Gasteiger partial charge in [0.2, 0.25) is 5.91 Å². The number of rotatable bonds is 7. The summed E-state index contributed by atoms with van der Waals surface area (Å²) in [5, 5.41) is 12.3. The number of nitrogens with one attached hydrogen (secondary N) is 1. The van der Waals surface area contributed by atoms with E-state index in [1.807, 2.05) is 34.9 Å². The molecule has 0 aliphatic heterocycles. The van der Waals surface area contributed by atoms with Crippen LogP contribution in [-0.4, -0.2) is 32.5 Å². The van der Waals surface area contributed by atoms with E-state index in [0.29, 0.717) is 23.1 Å². The maximum absolute atomic E-state index is 14.5. The summed E-state index contributed by atoms with van der Waals surface area (Å²) in [4.78, 5) is 12.5. The van der Waals surface area contributed by atoms with Gasteiger partial charge in [0.1, 0.15) is 5.82 Å². The summed E-state index contributed by atoms with van der Waals surface area (Å²) >= 11 is 1.34. The van der Waals surface area contributed by atoms with Crippen molar-refractivity contribution >= 4 is 17.7 Å². The van der Waals surface area contributed by atoms with Crippen LogP contribution in [-0.2, 0) is 11.3 Å². The van der Waals surface area contributed by atoms with Crippen molar-refractivity contribution in [2.45, 2.75) is 50.4 Å². The molecule has 1 heterocycles. The van der Waals surface area contributed by atoms with Crippen LogP contribution in [0.25, 0.3) is 11.4 Å². The maximum atomic E-state index is 14.5. The Bertz CT molecular complexity index is 1020. The lowest BCUT2D eigenvalue weighted by atomic mass is 9.87. The highest BCUT2D eigenvalue weighted by atomic mass is 32.2. The molecule has 1 fully saturated rings. The zero-order chi connectivity index (χ0) is 21.6. The van der Waals surface area contributed by atoms with Crippen LogP contribution in [0.2, 0.25) is 0 Å². The minimum atomic E-state index is -0.343. The van der Waals surface area contributed by atoms with Crippen molar-refractivity contribution in [3.8, 4) is 11.4 Å². The lowest BCUT2D eigenvalue weighted by Gasteiger charge is -2.26. The van der Waals surface area contributed by atoms with Crippen molar-refractivity contribution in [3.05, 3.63) is 66.0 Å². The van der Waals surface area contributed by atoms with Crippen LogP contribution in [0.5, 0.6) is 0 Å². The number of carbonyl (C=O) groups is 1. The molecule has 162 valence electrons. The van der Waals surface area contributed by atoms with E-state index in [-0.39, 0.29) is 23.5 Å². The molecule has 0 spiro atoms. The van der Waals surface area contributed by atoms with E-state index in [1.54, 1.807) is 18.2 Å². The minimum Gasteiger partial charge on any atom is -0.353 e. The SMILES string of the molecule is CC1CCC(NC(=O)CSc2nnc(-c3ccccc3F)n2Cc2ccccc2)CC1. The van der Waals surface area contributed by atoms with Crippen LogP contribution in [0.4, 0.5) is 4.39 Å².